The van der Waals surface area contributed by atoms with E-state index in [2.05, 4.69) is 20.3 Å². The van der Waals surface area contributed by atoms with Gasteiger partial charge in [0.1, 0.15) is 0 Å². The third kappa shape index (κ3) is 3.25. The maximum absolute atomic E-state index is 9.06. The van der Waals surface area contributed by atoms with Crippen LogP contribution < -0.4 is 10.6 Å². The molecule has 1 heterocycles. The summed E-state index contributed by atoms with van der Waals surface area (Å²) in [6, 6.07) is 0.439. The van der Waals surface area contributed by atoms with Gasteiger partial charge in [0.2, 0.25) is 0 Å². The van der Waals surface area contributed by atoms with Crippen LogP contribution in [0.25, 0.3) is 0 Å². The van der Waals surface area contributed by atoms with E-state index in [0.29, 0.717) is 17.4 Å². The zero-order valence-corrected chi connectivity index (χ0v) is 13.1. The zero-order chi connectivity index (χ0) is 15.4. The maximum atomic E-state index is 9.06. The molecule has 0 spiro atoms. The highest BCUT2D eigenvalue weighted by molar-refractivity contribution is 6.02. The van der Waals surface area contributed by atoms with E-state index >= 15 is 0 Å². The number of anilines is 1. The fraction of sp³-hybridized carbons (Fsp3) is 0.667. The molecule has 2 rings (SSSR count). The highest BCUT2D eigenvalue weighted by Crippen LogP contribution is 2.28. The van der Waals surface area contributed by atoms with Gasteiger partial charge in [-0.1, -0.05) is 30.8 Å². The lowest BCUT2D eigenvalue weighted by Crippen LogP contribution is -2.34. The first-order valence-corrected chi connectivity index (χ1v) is 7.61. The van der Waals surface area contributed by atoms with E-state index in [4.69, 9.17) is 10.9 Å². The normalized spacial score (nSPS) is 17.6. The Morgan fingerprint density at radius 3 is 2.38 bits per heavy atom. The van der Waals surface area contributed by atoms with Gasteiger partial charge in [-0.3, -0.25) is 0 Å². The van der Waals surface area contributed by atoms with E-state index < -0.39 is 0 Å². The highest BCUT2D eigenvalue weighted by atomic mass is 16.4. The summed E-state index contributed by atoms with van der Waals surface area (Å²) in [4.78, 5) is 2.15. The van der Waals surface area contributed by atoms with Crippen LogP contribution in [0.2, 0.25) is 0 Å². The van der Waals surface area contributed by atoms with Gasteiger partial charge >= 0.3 is 0 Å². The predicted octanol–water partition coefficient (Wildman–Crippen LogP) is 2.35. The summed E-state index contributed by atoms with van der Waals surface area (Å²) < 4.78 is 0. The summed E-state index contributed by atoms with van der Waals surface area (Å²) in [5.74, 6) is 0.807. The van der Waals surface area contributed by atoms with Gasteiger partial charge in [-0.25, -0.2) is 0 Å². The Morgan fingerprint density at radius 2 is 1.81 bits per heavy atom. The topological polar surface area (TPSA) is 87.6 Å². The Morgan fingerprint density at radius 1 is 1.19 bits per heavy atom. The second kappa shape index (κ2) is 6.74. The molecule has 1 aliphatic rings. The van der Waals surface area contributed by atoms with Crippen molar-refractivity contribution in [2.24, 2.45) is 10.9 Å². The predicted molar refractivity (Wildman–Crippen MR) is 83.9 cm³/mol. The van der Waals surface area contributed by atoms with Crippen LogP contribution >= 0.6 is 0 Å². The molecule has 0 aliphatic heterocycles. The molecule has 1 aromatic heterocycles. The van der Waals surface area contributed by atoms with Gasteiger partial charge < -0.3 is 15.8 Å². The average Bonchev–Trinajstić information content (AvgIpc) is 2.77. The van der Waals surface area contributed by atoms with Crippen molar-refractivity contribution in [1.29, 1.82) is 0 Å². The summed E-state index contributed by atoms with van der Waals surface area (Å²) in [5.41, 5.74) is 8.27. The zero-order valence-electron chi connectivity index (χ0n) is 13.1. The van der Waals surface area contributed by atoms with Crippen molar-refractivity contribution in [3.8, 4) is 0 Å². The standard InChI is InChI=1S/C15H25N5O/c1-10-11(2)17-18-15(13(10)14(16)19-21)20(3)12-8-6-4-5-7-9-12/h12,21H,4-9H2,1-3H3,(H2,16,19). The Hall–Kier alpha value is -1.85. The third-order valence-corrected chi connectivity index (χ3v) is 4.51. The van der Waals surface area contributed by atoms with E-state index in [9.17, 15) is 0 Å². The van der Waals surface area contributed by atoms with Gasteiger partial charge in [0.05, 0.1) is 11.3 Å². The monoisotopic (exact) mass is 291 g/mol. The molecule has 6 nitrogen and oxygen atoms in total. The fourth-order valence-corrected chi connectivity index (χ4v) is 3.02. The lowest BCUT2D eigenvalue weighted by molar-refractivity contribution is 0.318. The first-order valence-electron chi connectivity index (χ1n) is 7.61. The Balaban J connectivity index is 2.40. The number of aromatic nitrogens is 2. The molecule has 0 unspecified atom stereocenters. The van der Waals surface area contributed by atoms with Crippen molar-refractivity contribution in [1.82, 2.24) is 10.2 Å². The molecule has 21 heavy (non-hydrogen) atoms. The number of oxime groups is 1. The smallest absolute Gasteiger partial charge is 0.174 e. The fourth-order valence-electron chi connectivity index (χ4n) is 3.02. The Bertz CT molecular complexity index is 521. The van der Waals surface area contributed by atoms with Gasteiger partial charge in [0.15, 0.2) is 11.7 Å². The van der Waals surface area contributed by atoms with Crippen molar-refractivity contribution in [3.63, 3.8) is 0 Å². The highest BCUT2D eigenvalue weighted by Gasteiger charge is 2.24. The van der Waals surface area contributed by atoms with Gasteiger partial charge in [0, 0.05) is 13.1 Å². The first kappa shape index (κ1) is 15.5. The van der Waals surface area contributed by atoms with Crippen LogP contribution in [0.5, 0.6) is 0 Å². The van der Waals surface area contributed by atoms with Crippen LogP contribution in [0.3, 0.4) is 0 Å². The second-order valence-electron chi connectivity index (χ2n) is 5.85. The molecule has 3 N–H and O–H groups in total. The van der Waals surface area contributed by atoms with Crippen LogP contribution in [0.1, 0.15) is 55.3 Å². The van der Waals surface area contributed by atoms with Crippen molar-refractivity contribution >= 4 is 11.7 Å². The first-order chi connectivity index (χ1) is 10.1. The van der Waals surface area contributed by atoms with Crippen LogP contribution in [0.4, 0.5) is 5.82 Å². The van der Waals surface area contributed by atoms with E-state index in [1.54, 1.807) is 0 Å². The minimum atomic E-state index is 0.0981. The van der Waals surface area contributed by atoms with Crippen LogP contribution in [0, 0.1) is 13.8 Å². The Labute approximate surface area is 126 Å². The third-order valence-electron chi connectivity index (χ3n) is 4.51. The number of hydrogen-bond donors (Lipinski definition) is 2. The molecule has 1 fully saturated rings. The SMILES string of the molecule is Cc1nnc(N(C)C2CCCCCC2)c(/C(N)=N/O)c1C. The van der Waals surface area contributed by atoms with E-state index in [0.717, 1.165) is 24.1 Å². The van der Waals surface area contributed by atoms with Crippen LogP contribution in [0.15, 0.2) is 5.16 Å². The summed E-state index contributed by atoms with van der Waals surface area (Å²) in [5, 5.41) is 20.8. The number of aryl methyl sites for hydroxylation is 1. The average molecular weight is 291 g/mol. The van der Waals surface area contributed by atoms with Crippen molar-refractivity contribution < 1.29 is 5.21 Å². The summed E-state index contributed by atoms with van der Waals surface area (Å²) in [6.07, 6.45) is 7.39. The van der Waals surface area contributed by atoms with Crippen molar-refractivity contribution in [2.75, 3.05) is 11.9 Å². The van der Waals surface area contributed by atoms with Crippen LogP contribution in [-0.2, 0) is 0 Å². The minimum absolute atomic E-state index is 0.0981. The van der Waals surface area contributed by atoms with Gasteiger partial charge in [0.25, 0.3) is 0 Å². The number of nitrogens with zero attached hydrogens (tertiary/aromatic N) is 4. The molecule has 6 heteroatoms. The molecule has 116 valence electrons. The molecule has 0 amide bonds. The Kier molecular flexibility index (Phi) is 4.98. The van der Waals surface area contributed by atoms with Crippen LogP contribution in [-0.4, -0.2) is 34.3 Å². The van der Waals surface area contributed by atoms with Gasteiger partial charge in [-0.15, -0.1) is 5.10 Å². The molecule has 1 aromatic rings. The molecule has 0 atom stereocenters. The maximum Gasteiger partial charge on any atom is 0.174 e. The molecular weight excluding hydrogens is 266 g/mol. The molecule has 0 radical (unpaired) electrons. The van der Waals surface area contributed by atoms with Gasteiger partial charge in [-0.2, -0.15) is 5.10 Å². The van der Waals surface area contributed by atoms with Crippen molar-refractivity contribution in [2.45, 2.75) is 58.4 Å². The summed E-state index contributed by atoms with van der Waals surface area (Å²) >= 11 is 0. The number of amidine groups is 1. The minimum Gasteiger partial charge on any atom is -0.409 e. The second-order valence-corrected chi connectivity index (χ2v) is 5.85. The largest absolute Gasteiger partial charge is 0.409 e. The molecule has 1 aliphatic carbocycles. The van der Waals surface area contributed by atoms with E-state index in [-0.39, 0.29) is 5.84 Å². The molecule has 0 bridgehead atoms. The lowest BCUT2D eigenvalue weighted by Gasteiger charge is -2.29. The van der Waals surface area contributed by atoms with E-state index in [1.165, 1.54) is 25.7 Å². The molecule has 0 aromatic carbocycles. The molecule has 1 saturated carbocycles. The van der Waals surface area contributed by atoms with Crippen molar-refractivity contribution in [3.05, 3.63) is 16.8 Å². The molecule has 0 saturated heterocycles. The summed E-state index contributed by atoms with van der Waals surface area (Å²) in [7, 11) is 2.03. The number of rotatable bonds is 3. The number of nitrogens with two attached hydrogens (primary N) is 1. The van der Waals surface area contributed by atoms with Gasteiger partial charge in [-0.05, 0) is 32.3 Å². The quantitative estimate of drug-likeness (QED) is 0.293. The summed E-state index contributed by atoms with van der Waals surface area (Å²) in [6.45, 7) is 3.81. The van der Waals surface area contributed by atoms with E-state index in [1.807, 2.05) is 20.9 Å². The molecular formula is C15H25N5O. The lowest BCUT2D eigenvalue weighted by atomic mass is 10.0. The number of hydrogen-bond acceptors (Lipinski definition) is 5.